The average molecular weight is 376 g/mol. The molecule has 140 valence electrons. The number of hydrogen-bond acceptors (Lipinski definition) is 5. The van der Waals surface area contributed by atoms with Crippen molar-refractivity contribution in [3.8, 4) is 5.75 Å². The van der Waals surface area contributed by atoms with Gasteiger partial charge in [0.25, 0.3) is 5.91 Å². The van der Waals surface area contributed by atoms with E-state index in [1.807, 2.05) is 6.07 Å². The van der Waals surface area contributed by atoms with Gasteiger partial charge in [0.1, 0.15) is 6.04 Å². The maximum Gasteiger partial charge on any atom is 0.335 e. The van der Waals surface area contributed by atoms with E-state index < -0.39 is 23.8 Å². The van der Waals surface area contributed by atoms with Gasteiger partial charge < -0.3 is 14.5 Å². The molecular weight excluding hydrogens is 360 g/mol. The second-order valence-electron chi connectivity index (χ2n) is 6.18. The molecule has 2 aromatic carbocycles. The Labute approximate surface area is 160 Å². The number of hydrogen-bond donors (Lipinski definition) is 1. The predicted octanol–water partition coefficient (Wildman–Crippen LogP) is 3.24. The van der Waals surface area contributed by atoms with Crippen molar-refractivity contribution in [2.75, 3.05) is 10.2 Å². The summed E-state index contributed by atoms with van der Waals surface area (Å²) < 4.78 is 10.6. The molecule has 28 heavy (non-hydrogen) atoms. The zero-order valence-electron chi connectivity index (χ0n) is 14.7. The first-order chi connectivity index (χ1) is 13.6. The number of esters is 1. The molecular formula is C21H16N2O5. The van der Waals surface area contributed by atoms with Gasteiger partial charge in [-0.15, -0.1) is 0 Å². The van der Waals surface area contributed by atoms with Crippen LogP contribution in [0.4, 0.5) is 11.4 Å². The van der Waals surface area contributed by atoms with E-state index in [0.29, 0.717) is 11.4 Å². The van der Waals surface area contributed by atoms with E-state index in [2.05, 4.69) is 5.32 Å². The number of nitrogens with one attached hydrogen (secondary N) is 1. The van der Waals surface area contributed by atoms with Crippen LogP contribution in [0.15, 0.2) is 77.4 Å². The fourth-order valence-corrected chi connectivity index (χ4v) is 3.05. The molecule has 0 unspecified atom stereocenters. The number of carbonyl (C=O) groups is 3. The van der Waals surface area contributed by atoms with Crippen molar-refractivity contribution < 1.29 is 23.5 Å². The number of fused-ring (bicyclic) bond motifs is 1. The molecule has 3 aromatic rings. The van der Waals surface area contributed by atoms with Gasteiger partial charge in [-0.2, -0.15) is 0 Å². The minimum atomic E-state index is -1.11. The fourth-order valence-electron chi connectivity index (χ4n) is 3.05. The number of rotatable bonds is 4. The molecule has 0 radical (unpaired) electrons. The molecule has 0 aliphatic carbocycles. The van der Waals surface area contributed by atoms with E-state index in [1.54, 1.807) is 54.6 Å². The number of carbonyl (C=O) groups excluding carboxylic acids is 3. The van der Waals surface area contributed by atoms with Crippen molar-refractivity contribution >= 4 is 29.2 Å². The molecule has 0 saturated carbocycles. The van der Waals surface area contributed by atoms with Crippen LogP contribution in [-0.2, 0) is 9.59 Å². The fraction of sp³-hybridized carbons (Fsp3) is 0.0952. The van der Waals surface area contributed by atoms with Crippen molar-refractivity contribution in [2.45, 2.75) is 12.5 Å². The van der Waals surface area contributed by atoms with Crippen LogP contribution in [0.3, 0.4) is 0 Å². The second-order valence-corrected chi connectivity index (χ2v) is 6.18. The Bertz CT molecular complexity index is 1010. The minimum Gasteiger partial charge on any atom is -0.459 e. The number of anilines is 2. The van der Waals surface area contributed by atoms with Crippen LogP contribution >= 0.6 is 0 Å². The van der Waals surface area contributed by atoms with Crippen LogP contribution < -0.4 is 15.0 Å². The summed E-state index contributed by atoms with van der Waals surface area (Å²) in [5, 5.41) is 2.72. The molecule has 1 N–H and O–H groups in total. The molecule has 1 aliphatic rings. The minimum absolute atomic E-state index is 0.0676. The molecule has 0 fully saturated rings. The Hall–Kier alpha value is -3.87. The number of furan rings is 1. The standard InChI is InChI=1S/C21H16N2O5/c24-19(22-14-7-2-1-3-8-14)13-16-21(26)28-17-10-5-4-9-15(17)23(16)20(25)18-11-6-12-27-18/h1-12,16H,13H2,(H,22,24)/t16-/m1/s1. The van der Waals surface area contributed by atoms with Crippen molar-refractivity contribution in [3.05, 3.63) is 78.8 Å². The Morgan fingerprint density at radius 3 is 2.46 bits per heavy atom. The first-order valence-corrected chi connectivity index (χ1v) is 8.66. The van der Waals surface area contributed by atoms with Crippen LogP contribution in [0.1, 0.15) is 17.0 Å². The van der Waals surface area contributed by atoms with Gasteiger partial charge in [-0.1, -0.05) is 30.3 Å². The molecule has 7 nitrogen and oxygen atoms in total. The summed E-state index contributed by atoms with van der Waals surface area (Å²) in [6, 6.07) is 17.5. The highest BCUT2D eigenvalue weighted by Gasteiger charge is 2.41. The highest BCUT2D eigenvalue weighted by molar-refractivity contribution is 6.11. The first kappa shape index (κ1) is 17.5. The number of ether oxygens (including phenoxy) is 1. The van der Waals surface area contributed by atoms with Crippen LogP contribution in [-0.4, -0.2) is 23.8 Å². The average Bonchev–Trinajstić information content (AvgIpc) is 3.24. The maximum atomic E-state index is 13.0. The molecule has 2 heterocycles. The van der Waals surface area contributed by atoms with E-state index in [-0.39, 0.29) is 17.9 Å². The largest absolute Gasteiger partial charge is 0.459 e. The number of benzene rings is 2. The molecule has 0 saturated heterocycles. The third-order valence-corrected chi connectivity index (χ3v) is 4.31. The quantitative estimate of drug-likeness (QED) is 0.558. The van der Waals surface area contributed by atoms with Crippen molar-refractivity contribution in [1.29, 1.82) is 0 Å². The maximum absolute atomic E-state index is 13.0. The number of amides is 2. The van der Waals surface area contributed by atoms with Gasteiger partial charge in [0.15, 0.2) is 11.5 Å². The summed E-state index contributed by atoms with van der Waals surface area (Å²) in [5.74, 6) is -1.29. The molecule has 1 atom stereocenters. The Morgan fingerprint density at radius 2 is 1.71 bits per heavy atom. The summed E-state index contributed by atoms with van der Waals surface area (Å²) in [5.41, 5.74) is 1.00. The number of nitrogens with zero attached hydrogens (tertiary/aromatic N) is 1. The second kappa shape index (κ2) is 7.40. The van der Waals surface area contributed by atoms with Crippen molar-refractivity contribution in [2.24, 2.45) is 0 Å². The van der Waals surface area contributed by atoms with E-state index in [4.69, 9.17) is 9.15 Å². The van der Waals surface area contributed by atoms with E-state index in [9.17, 15) is 14.4 Å². The van der Waals surface area contributed by atoms with E-state index in [1.165, 1.54) is 17.2 Å². The SMILES string of the molecule is O=C(C[C@@H]1C(=O)Oc2ccccc2N1C(=O)c1ccco1)Nc1ccccc1. The third-order valence-electron chi connectivity index (χ3n) is 4.31. The lowest BCUT2D eigenvalue weighted by Crippen LogP contribution is -2.51. The summed E-state index contributed by atoms with van der Waals surface area (Å²) in [4.78, 5) is 39.4. The van der Waals surface area contributed by atoms with Gasteiger partial charge in [0.05, 0.1) is 18.4 Å². The summed E-state index contributed by atoms with van der Waals surface area (Å²) >= 11 is 0. The Morgan fingerprint density at radius 1 is 0.964 bits per heavy atom. The van der Waals surface area contributed by atoms with Gasteiger partial charge in [-0.3, -0.25) is 14.5 Å². The Balaban J connectivity index is 1.64. The highest BCUT2D eigenvalue weighted by Crippen LogP contribution is 2.36. The number of para-hydroxylation sites is 3. The van der Waals surface area contributed by atoms with Crippen LogP contribution in [0.2, 0.25) is 0 Å². The van der Waals surface area contributed by atoms with Crippen molar-refractivity contribution in [3.63, 3.8) is 0 Å². The van der Waals surface area contributed by atoms with Crippen molar-refractivity contribution in [1.82, 2.24) is 0 Å². The zero-order chi connectivity index (χ0) is 19.5. The normalized spacial score (nSPS) is 15.5. The monoisotopic (exact) mass is 376 g/mol. The van der Waals surface area contributed by atoms with Gasteiger partial charge >= 0.3 is 5.97 Å². The third kappa shape index (κ3) is 3.37. The smallest absolute Gasteiger partial charge is 0.335 e. The Kier molecular flexibility index (Phi) is 4.63. The molecule has 2 amide bonds. The van der Waals surface area contributed by atoms with E-state index in [0.717, 1.165) is 0 Å². The summed E-state index contributed by atoms with van der Waals surface area (Å²) in [7, 11) is 0. The van der Waals surface area contributed by atoms with Gasteiger partial charge in [-0.25, -0.2) is 4.79 Å². The zero-order valence-corrected chi connectivity index (χ0v) is 14.7. The lowest BCUT2D eigenvalue weighted by atomic mass is 10.1. The van der Waals surface area contributed by atoms with Gasteiger partial charge in [-0.05, 0) is 36.4 Å². The molecule has 7 heteroatoms. The lowest BCUT2D eigenvalue weighted by molar-refractivity contribution is -0.138. The summed E-state index contributed by atoms with van der Waals surface area (Å²) in [6.07, 6.45) is 1.12. The van der Waals surface area contributed by atoms with Crippen LogP contribution in [0.5, 0.6) is 5.75 Å². The topological polar surface area (TPSA) is 88.9 Å². The van der Waals surface area contributed by atoms with Gasteiger partial charge in [0.2, 0.25) is 5.91 Å². The molecule has 1 aromatic heterocycles. The van der Waals surface area contributed by atoms with Gasteiger partial charge in [0, 0.05) is 5.69 Å². The summed E-state index contributed by atoms with van der Waals surface area (Å²) in [6.45, 7) is 0. The lowest BCUT2D eigenvalue weighted by Gasteiger charge is -2.34. The predicted molar refractivity (Wildman–Crippen MR) is 101 cm³/mol. The molecule has 0 spiro atoms. The van der Waals surface area contributed by atoms with Crippen LogP contribution in [0.25, 0.3) is 0 Å². The first-order valence-electron chi connectivity index (χ1n) is 8.66. The van der Waals surface area contributed by atoms with Crippen LogP contribution in [0, 0.1) is 0 Å². The van der Waals surface area contributed by atoms with E-state index >= 15 is 0 Å². The molecule has 4 rings (SSSR count). The highest BCUT2D eigenvalue weighted by atomic mass is 16.5. The molecule has 0 bridgehead atoms. The molecule has 1 aliphatic heterocycles.